The number of rotatable bonds is 1. The highest BCUT2D eigenvalue weighted by atomic mass is 16.1. The molecule has 3 fully saturated rings. The van der Waals surface area contributed by atoms with E-state index >= 15 is 0 Å². The Balaban J connectivity index is 1.40. The Labute approximate surface area is 148 Å². The van der Waals surface area contributed by atoms with Crippen LogP contribution >= 0.6 is 0 Å². The molecule has 5 aliphatic carbocycles. The maximum Gasteiger partial charge on any atom is 0.150 e. The topological polar surface area (TPSA) is 17.1 Å². The maximum atomic E-state index is 11.3. The van der Waals surface area contributed by atoms with E-state index in [0.717, 1.165) is 59.2 Å². The summed E-state index contributed by atoms with van der Waals surface area (Å²) in [5.74, 6) is 7.31. The van der Waals surface area contributed by atoms with Crippen LogP contribution in [0.1, 0.15) is 40.2 Å². The van der Waals surface area contributed by atoms with Crippen LogP contribution < -0.4 is 0 Å². The molecule has 0 aromatic heterocycles. The Morgan fingerprint density at radius 3 is 2.52 bits per heavy atom. The monoisotopic (exact) mass is 326 g/mol. The number of hydrogen-bond acceptors (Lipinski definition) is 1. The summed E-state index contributed by atoms with van der Waals surface area (Å²) in [4.78, 5) is 11.3. The Kier molecular flexibility index (Phi) is 2.27. The average Bonchev–Trinajstić information content (AvgIpc) is 3.42. The second kappa shape index (κ2) is 4.26. The second-order valence-corrected chi connectivity index (χ2v) is 9.29. The molecule has 8 atom stereocenters. The highest BCUT2D eigenvalue weighted by Crippen LogP contribution is 2.73. The maximum absolute atomic E-state index is 11.3. The second-order valence-electron chi connectivity index (χ2n) is 9.29. The van der Waals surface area contributed by atoms with Crippen LogP contribution in [0, 0.1) is 41.4 Å². The SMILES string of the molecule is O=Cc1ccc2ccc3c(c2c1)CC1C2CC(C31)C1C3C=CC(C3)C21. The number of hydrogen-bond donors (Lipinski definition) is 0. The van der Waals surface area contributed by atoms with Crippen molar-refractivity contribution in [3.8, 4) is 0 Å². The molecule has 0 heterocycles. The van der Waals surface area contributed by atoms with E-state index in [0.29, 0.717) is 0 Å². The molecule has 4 bridgehead atoms. The van der Waals surface area contributed by atoms with Crippen LogP contribution in [0.3, 0.4) is 0 Å². The van der Waals surface area contributed by atoms with Crippen molar-refractivity contribution in [2.45, 2.75) is 25.2 Å². The van der Waals surface area contributed by atoms with Crippen molar-refractivity contribution in [3.63, 3.8) is 0 Å². The minimum atomic E-state index is 0.804. The number of carbonyl (C=O) groups excluding carboxylic acids is 1. The molecule has 1 nitrogen and oxygen atoms in total. The lowest BCUT2D eigenvalue weighted by atomic mass is 9.65. The molecule has 3 saturated carbocycles. The lowest BCUT2D eigenvalue weighted by molar-refractivity contribution is 0.112. The summed E-state index contributed by atoms with van der Waals surface area (Å²) in [6.45, 7) is 0. The lowest BCUT2D eigenvalue weighted by Gasteiger charge is -2.39. The van der Waals surface area contributed by atoms with E-state index in [4.69, 9.17) is 0 Å². The first-order valence-corrected chi connectivity index (χ1v) is 10.0. The van der Waals surface area contributed by atoms with Crippen molar-refractivity contribution in [2.75, 3.05) is 0 Å². The van der Waals surface area contributed by atoms with Gasteiger partial charge in [-0.05, 0) is 94.6 Å². The van der Waals surface area contributed by atoms with Gasteiger partial charge in [-0.15, -0.1) is 0 Å². The fraction of sp³-hybridized carbons (Fsp3) is 0.458. The van der Waals surface area contributed by atoms with Crippen molar-refractivity contribution in [1.82, 2.24) is 0 Å². The van der Waals surface area contributed by atoms with E-state index < -0.39 is 0 Å². The smallest absolute Gasteiger partial charge is 0.150 e. The van der Waals surface area contributed by atoms with Gasteiger partial charge < -0.3 is 0 Å². The Morgan fingerprint density at radius 2 is 1.68 bits per heavy atom. The van der Waals surface area contributed by atoms with Gasteiger partial charge in [-0.2, -0.15) is 0 Å². The van der Waals surface area contributed by atoms with E-state index in [1.54, 1.807) is 11.1 Å². The summed E-state index contributed by atoms with van der Waals surface area (Å²) >= 11 is 0. The zero-order valence-electron chi connectivity index (χ0n) is 14.3. The number of carbonyl (C=O) groups is 1. The van der Waals surface area contributed by atoms with Gasteiger partial charge in [-0.1, -0.05) is 36.4 Å². The van der Waals surface area contributed by atoms with Crippen LogP contribution in [-0.2, 0) is 6.42 Å². The van der Waals surface area contributed by atoms with Gasteiger partial charge in [-0.3, -0.25) is 4.79 Å². The normalized spacial score (nSPS) is 44.3. The van der Waals surface area contributed by atoms with E-state index in [2.05, 4.69) is 36.4 Å². The predicted molar refractivity (Wildman–Crippen MR) is 98.6 cm³/mol. The van der Waals surface area contributed by atoms with Gasteiger partial charge in [0.25, 0.3) is 0 Å². The molecule has 0 amide bonds. The molecule has 7 rings (SSSR count). The number of allylic oxidation sites excluding steroid dienone is 2. The van der Waals surface area contributed by atoms with Crippen LogP contribution in [0.4, 0.5) is 0 Å². The Morgan fingerprint density at radius 1 is 0.880 bits per heavy atom. The molecular formula is C24H22O. The number of aldehydes is 1. The largest absolute Gasteiger partial charge is 0.298 e. The zero-order valence-corrected chi connectivity index (χ0v) is 14.3. The first-order valence-electron chi connectivity index (χ1n) is 10.0. The molecule has 5 aliphatic rings. The summed E-state index contributed by atoms with van der Waals surface area (Å²) in [5.41, 5.74) is 4.03. The summed E-state index contributed by atoms with van der Waals surface area (Å²) in [7, 11) is 0. The summed E-state index contributed by atoms with van der Waals surface area (Å²) in [6, 6.07) is 10.9. The predicted octanol–water partition coefficient (Wildman–Crippen LogP) is 5.00. The van der Waals surface area contributed by atoms with E-state index in [-0.39, 0.29) is 0 Å². The minimum Gasteiger partial charge on any atom is -0.298 e. The molecule has 25 heavy (non-hydrogen) atoms. The third kappa shape index (κ3) is 1.43. The molecule has 0 spiro atoms. The van der Waals surface area contributed by atoms with E-state index in [1.807, 2.05) is 6.07 Å². The molecule has 0 radical (unpaired) electrons. The third-order valence-electron chi connectivity index (χ3n) is 8.72. The van der Waals surface area contributed by atoms with Crippen LogP contribution in [0.25, 0.3) is 10.8 Å². The van der Waals surface area contributed by atoms with E-state index in [9.17, 15) is 4.79 Å². The van der Waals surface area contributed by atoms with Crippen LogP contribution in [0.15, 0.2) is 42.5 Å². The first kappa shape index (κ1) is 13.3. The summed E-state index contributed by atoms with van der Waals surface area (Å²) in [5, 5.41) is 2.65. The molecular weight excluding hydrogens is 304 g/mol. The van der Waals surface area contributed by atoms with Gasteiger partial charge in [-0.25, -0.2) is 0 Å². The third-order valence-corrected chi connectivity index (χ3v) is 8.72. The molecule has 2 aromatic carbocycles. The molecule has 2 aromatic rings. The van der Waals surface area contributed by atoms with Gasteiger partial charge in [0.1, 0.15) is 6.29 Å². The number of benzene rings is 2. The summed E-state index contributed by atoms with van der Waals surface area (Å²) in [6.07, 6.45) is 10.3. The molecule has 1 heteroatoms. The van der Waals surface area contributed by atoms with Crippen LogP contribution in [0.5, 0.6) is 0 Å². The fourth-order valence-electron chi connectivity index (χ4n) is 8.17. The molecule has 8 unspecified atom stereocenters. The van der Waals surface area contributed by atoms with Crippen molar-refractivity contribution in [2.24, 2.45) is 41.4 Å². The van der Waals surface area contributed by atoms with Crippen molar-refractivity contribution >= 4 is 17.1 Å². The van der Waals surface area contributed by atoms with Gasteiger partial charge >= 0.3 is 0 Å². The average molecular weight is 326 g/mol. The van der Waals surface area contributed by atoms with Crippen LogP contribution in [0.2, 0.25) is 0 Å². The van der Waals surface area contributed by atoms with E-state index in [1.165, 1.54) is 30.0 Å². The first-order chi connectivity index (χ1) is 12.3. The van der Waals surface area contributed by atoms with Gasteiger partial charge in [0.05, 0.1) is 0 Å². The standard InChI is InChI=1S/C24H22O/c25-11-12-1-2-13-5-6-16-18(17(13)7-12)9-20-19-10-21(24(16)20)23-15-4-3-14(8-15)22(19)23/h1-7,11,14-15,19-24H,8-10H2. The quantitative estimate of drug-likeness (QED) is 0.410. The molecule has 0 aliphatic heterocycles. The highest BCUT2D eigenvalue weighted by molar-refractivity contribution is 5.92. The van der Waals surface area contributed by atoms with Gasteiger partial charge in [0, 0.05) is 5.56 Å². The fourth-order valence-corrected chi connectivity index (χ4v) is 8.17. The lowest BCUT2D eigenvalue weighted by Crippen LogP contribution is -2.34. The van der Waals surface area contributed by atoms with Crippen molar-refractivity contribution < 1.29 is 4.79 Å². The zero-order chi connectivity index (χ0) is 16.3. The Hall–Kier alpha value is -1.89. The van der Waals surface area contributed by atoms with Crippen molar-refractivity contribution in [3.05, 3.63) is 59.2 Å². The van der Waals surface area contributed by atoms with Gasteiger partial charge in [0.15, 0.2) is 0 Å². The van der Waals surface area contributed by atoms with Gasteiger partial charge in [0.2, 0.25) is 0 Å². The molecule has 0 N–H and O–H groups in total. The van der Waals surface area contributed by atoms with Crippen molar-refractivity contribution in [1.29, 1.82) is 0 Å². The highest BCUT2D eigenvalue weighted by Gasteiger charge is 2.65. The molecule has 124 valence electrons. The minimum absolute atomic E-state index is 0.804. The Bertz CT molecular complexity index is 969. The number of fused-ring (bicyclic) bond motifs is 16. The molecule has 0 saturated heterocycles. The summed E-state index contributed by atoms with van der Waals surface area (Å²) < 4.78 is 0. The van der Waals surface area contributed by atoms with Crippen LogP contribution in [-0.4, -0.2) is 6.29 Å².